The quantitative estimate of drug-likeness (QED) is 0.169. The topological polar surface area (TPSA) is 167 Å². The van der Waals surface area contributed by atoms with Crippen molar-refractivity contribution in [2.75, 3.05) is 0 Å². The minimum atomic E-state index is -5.39. The van der Waals surface area contributed by atoms with Crippen LogP contribution in [-0.4, -0.2) is 34.9 Å². The van der Waals surface area contributed by atoms with E-state index in [-0.39, 0.29) is 17.4 Å². The fraction of sp³-hybridized carbons (Fsp3) is 0. The zero-order valence-electron chi connectivity index (χ0n) is 4.70. The van der Waals surface area contributed by atoms with Crippen LogP contribution in [-0.2, 0) is 15.0 Å². The van der Waals surface area contributed by atoms with Crippen LogP contribution in [0.5, 0.6) is 0 Å². The first-order valence-corrected chi connectivity index (χ1v) is 4.19. The molecule has 0 heterocycles. The van der Waals surface area contributed by atoms with Crippen LogP contribution in [0.3, 0.4) is 0 Å². The van der Waals surface area contributed by atoms with Crippen LogP contribution in [0.1, 0.15) is 0 Å². The van der Waals surface area contributed by atoms with Gasteiger partial charge in [-0.2, -0.15) is 7.82 Å². The van der Waals surface area contributed by atoms with E-state index in [0.29, 0.717) is 0 Å². The van der Waals surface area contributed by atoms with Gasteiger partial charge < -0.3 is 28.4 Å². The van der Waals surface area contributed by atoms with E-state index in [4.69, 9.17) is 36.8 Å². The Balaban J connectivity index is -0.000000107. The van der Waals surface area contributed by atoms with E-state index in [0.717, 1.165) is 0 Å². The molecule has 64 valence electrons. The fourth-order valence-corrected chi connectivity index (χ4v) is 0. The largest absolute Gasteiger partial charge is 3.00 e. The Morgan fingerprint density at radius 2 is 1.00 bits per heavy atom. The molecule has 0 fully saturated rings. The molecule has 0 unspecified atom stereocenters. The molecule has 11 heteroatoms. The molecule has 0 atom stereocenters. The second kappa shape index (κ2) is 6.08. The zero-order chi connectivity index (χ0) is 9.00. The Hall–Kier alpha value is 0.512. The van der Waals surface area contributed by atoms with Crippen LogP contribution in [0.25, 0.3) is 0 Å². The van der Waals surface area contributed by atoms with E-state index in [9.17, 15) is 0 Å². The molecule has 0 saturated heterocycles. The van der Waals surface area contributed by atoms with Gasteiger partial charge in [0.15, 0.2) is 0 Å². The average Bonchev–Trinajstić information content (AvgIpc) is 1.12. The van der Waals surface area contributed by atoms with Gasteiger partial charge in [-0.3, -0.25) is 8.42 Å². The van der Waals surface area contributed by atoms with Crippen LogP contribution >= 0.6 is 7.82 Å². The smallest absolute Gasteiger partial charge is 0.822 e. The van der Waals surface area contributed by atoms with Gasteiger partial charge in [0.1, 0.15) is 0 Å². The Kier molecular flexibility index (Phi) is 9.70. The van der Waals surface area contributed by atoms with Gasteiger partial charge in [-0.1, -0.05) is 0 Å². The Morgan fingerprint density at radius 1 is 1.00 bits per heavy atom. The van der Waals surface area contributed by atoms with E-state index in [1.54, 1.807) is 0 Å². The Bertz CT molecular complexity index is 192. The molecule has 0 radical (unpaired) electrons. The van der Waals surface area contributed by atoms with Gasteiger partial charge in [-0.25, -0.2) is 0 Å². The van der Waals surface area contributed by atoms with E-state index in [1.807, 2.05) is 0 Å². The average molecular weight is 218 g/mol. The molecule has 0 N–H and O–H groups in total. The molecule has 8 nitrogen and oxygen atoms in total. The summed E-state index contributed by atoms with van der Waals surface area (Å²) in [6, 6.07) is 0. The third kappa shape index (κ3) is 2900. The molecular formula is AlO8PS-2. The van der Waals surface area contributed by atoms with E-state index < -0.39 is 18.2 Å². The van der Waals surface area contributed by atoms with Crippen LogP contribution in [0.15, 0.2) is 0 Å². The second-order valence-electron chi connectivity index (χ2n) is 0.855. The first-order valence-electron chi connectivity index (χ1n) is 1.40. The summed E-state index contributed by atoms with van der Waals surface area (Å²) in [6.45, 7) is 0. The SMILES string of the molecule is O=P([O-])([O-])[O-].O=S(=O)([O-])[O-].[Al+3]. The summed E-state index contributed by atoms with van der Waals surface area (Å²) in [6.07, 6.45) is 0. The van der Waals surface area contributed by atoms with Gasteiger partial charge in [0.2, 0.25) is 0 Å². The van der Waals surface area contributed by atoms with Crippen molar-refractivity contribution >= 4 is 35.6 Å². The van der Waals surface area contributed by atoms with Gasteiger partial charge in [-0.15, -0.1) is 0 Å². The first-order chi connectivity index (χ1) is 4.00. The van der Waals surface area contributed by atoms with Crippen molar-refractivity contribution < 1.29 is 36.8 Å². The summed E-state index contributed by atoms with van der Waals surface area (Å²) in [5.41, 5.74) is 0. The normalized spacial score (nSPS) is 10.6. The van der Waals surface area contributed by atoms with Crippen LogP contribution in [0, 0.1) is 0 Å². The Labute approximate surface area is 72.8 Å². The molecule has 11 heavy (non-hydrogen) atoms. The predicted octanol–water partition coefficient (Wildman–Crippen LogP) is -4.54. The predicted molar refractivity (Wildman–Crippen MR) is 23.8 cm³/mol. The molecule has 0 aromatic heterocycles. The van der Waals surface area contributed by atoms with Crippen molar-refractivity contribution in [2.24, 2.45) is 0 Å². The van der Waals surface area contributed by atoms with Gasteiger partial charge in [0.05, 0.1) is 0 Å². The minimum absolute atomic E-state index is 0. The third-order valence-corrected chi connectivity index (χ3v) is 0. The standard InChI is InChI=1S/Al.H3O4P.H2O4S/c;2*1-5(2,3)4/h;(H3,1,2,3,4);(H2,1,2,3,4)/q+3;;/p-5. The van der Waals surface area contributed by atoms with Gasteiger partial charge in [0, 0.05) is 10.4 Å². The maximum Gasteiger partial charge on any atom is 3.00 e. The molecule has 0 aliphatic heterocycles. The molecule has 0 aliphatic carbocycles. The van der Waals surface area contributed by atoms with E-state index in [1.165, 1.54) is 0 Å². The maximum atomic E-state index is 8.55. The van der Waals surface area contributed by atoms with Crippen molar-refractivity contribution in [3.63, 3.8) is 0 Å². The number of rotatable bonds is 0. The minimum Gasteiger partial charge on any atom is -0.822 e. The monoisotopic (exact) mass is 218 g/mol. The van der Waals surface area contributed by atoms with Crippen molar-refractivity contribution in [1.29, 1.82) is 0 Å². The zero-order valence-corrected chi connectivity index (χ0v) is 7.56. The molecular weight excluding hydrogens is 218 g/mol. The molecule has 0 aliphatic rings. The first kappa shape index (κ1) is 17.6. The van der Waals surface area contributed by atoms with Crippen LogP contribution in [0.2, 0.25) is 0 Å². The molecule has 0 amide bonds. The third-order valence-electron chi connectivity index (χ3n) is 0. The van der Waals surface area contributed by atoms with Gasteiger partial charge >= 0.3 is 17.4 Å². The number of phosphoric acid groups is 1. The summed E-state index contributed by atoms with van der Waals surface area (Å²) < 4.78 is 42.6. The Morgan fingerprint density at radius 3 is 1.00 bits per heavy atom. The van der Waals surface area contributed by atoms with Crippen LogP contribution < -0.4 is 14.7 Å². The second-order valence-corrected chi connectivity index (χ2v) is 2.57. The van der Waals surface area contributed by atoms with Crippen molar-refractivity contribution in [3.05, 3.63) is 0 Å². The van der Waals surface area contributed by atoms with Crippen molar-refractivity contribution in [1.82, 2.24) is 0 Å². The maximum absolute atomic E-state index is 8.55. The van der Waals surface area contributed by atoms with E-state index >= 15 is 0 Å². The van der Waals surface area contributed by atoms with Gasteiger partial charge in [-0.05, 0) is 0 Å². The van der Waals surface area contributed by atoms with E-state index in [2.05, 4.69) is 0 Å². The number of hydrogen-bond donors (Lipinski definition) is 0. The van der Waals surface area contributed by atoms with Crippen molar-refractivity contribution in [3.8, 4) is 0 Å². The molecule has 0 bridgehead atoms. The molecule has 0 saturated carbocycles. The molecule has 0 rings (SSSR count). The molecule has 0 aromatic carbocycles. The summed E-state index contributed by atoms with van der Waals surface area (Å²) in [7, 11) is -10.6. The number of hydrogen-bond acceptors (Lipinski definition) is 8. The van der Waals surface area contributed by atoms with Crippen molar-refractivity contribution in [2.45, 2.75) is 0 Å². The molecule has 0 aromatic rings. The summed E-state index contributed by atoms with van der Waals surface area (Å²) in [5.74, 6) is 0. The fourth-order valence-electron chi connectivity index (χ4n) is 0. The summed E-state index contributed by atoms with van der Waals surface area (Å²) >= 11 is 0. The molecule has 0 spiro atoms. The summed E-state index contributed by atoms with van der Waals surface area (Å²) in [4.78, 5) is 25.6. The van der Waals surface area contributed by atoms with Gasteiger partial charge in [0.25, 0.3) is 0 Å². The van der Waals surface area contributed by atoms with Crippen LogP contribution in [0.4, 0.5) is 0 Å². The summed E-state index contributed by atoms with van der Waals surface area (Å²) in [5, 5.41) is 0.